The van der Waals surface area contributed by atoms with E-state index in [0.717, 1.165) is 30.5 Å². The molecule has 2 aliphatic heterocycles. The summed E-state index contributed by atoms with van der Waals surface area (Å²) >= 11 is 5.80. The lowest BCUT2D eigenvalue weighted by atomic mass is 10.0. The van der Waals surface area contributed by atoms with Crippen LogP contribution in [-0.2, 0) is 19.5 Å². The fourth-order valence-electron chi connectivity index (χ4n) is 4.67. The van der Waals surface area contributed by atoms with E-state index in [1.807, 2.05) is 0 Å². The number of carbonyl (C=O) groups is 2. The molecule has 0 bridgehead atoms. The molecule has 0 saturated heterocycles. The van der Waals surface area contributed by atoms with Crippen molar-refractivity contribution in [2.45, 2.75) is 44.3 Å². The quantitative estimate of drug-likeness (QED) is 0.756. The molecule has 5 rings (SSSR count). The maximum absolute atomic E-state index is 13.4. The summed E-state index contributed by atoms with van der Waals surface area (Å²) in [6, 6.07) is 3.67. The molecule has 31 heavy (non-hydrogen) atoms. The molecule has 3 amide bonds. The predicted octanol–water partition coefficient (Wildman–Crippen LogP) is 2.64. The van der Waals surface area contributed by atoms with Gasteiger partial charge in [-0.15, -0.1) is 0 Å². The fraction of sp³-hybridized carbons (Fsp3) is 0.476. The molecule has 0 unspecified atom stereocenters. The number of nitrogens with zero attached hydrogens (tertiary/aromatic N) is 4. The number of aromatic nitrogens is 2. The Bertz CT molecular complexity index is 1070. The van der Waals surface area contributed by atoms with E-state index >= 15 is 0 Å². The van der Waals surface area contributed by atoms with Crippen LogP contribution in [0, 0.1) is 5.82 Å². The van der Waals surface area contributed by atoms with Crippen molar-refractivity contribution in [2.24, 2.45) is 0 Å². The van der Waals surface area contributed by atoms with Crippen molar-refractivity contribution in [2.75, 3.05) is 25.0 Å². The van der Waals surface area contributed by atoms with E-state index in [-0.39, 0.29) is 35.7 Å². The van der Waals surface area contributed by atoms with Crippen LogP contribution in [0.25, 0.3) is 0 Å². The summed E-state index contributed by atoms with van der Waals surface area (Å²) in [4.78, 5) is 29.7. The van der Waals surface area contributed by atoms with E-state index in [1.165, 1.54) is 18.2 Å². The average molecular weight is 448 g/mol. The van der Waals surface area contributed by atoms with Gasteiger partial charge >= 0.3 is 6.03 Å². The number of carbonyl (C=O) groups excluding carboxylic acids is 2. The van der Waals surface area contributed by atoms with Crippen molar-refractivity contribution < 1.29 is 19.1 Å². The van der Waals surface area contributed by atoms with E-state index in [9.17, 15) is 19.1 Å². The number of aliphatic hydroxyl groups is 1. The summed E-state index contributed by atoms with van der Waals surface area (Å²) in [5.41, 5.74) is 2.37. The van der Waals surface area contributed by atoms with Gasteiger partial charge in [-0.1, -0.05) is 11.6 Å². The Kier molecular flexibility index (Phi) is 4.90. The molecule has 2 N–H and O–H groups in total. The highest BCUT2D eigenvalue weighted by Crippen LogP contribution is 2.47. The Morgan fingerprint density at radius 2 is 2.10 bits per heavy atom. The van der Waals surface area contributed by atoms with Gasteiger partial charge in [0.05, 0.1) is 23.9 Å². The van der Waals surface area contributed by atoms with Gasteiger partial charge in [0.2, 0.25) is 0 Å². The number of halogens is 2. The van der Waals surface area contributed by atoms with E-state index in [1.54, 1.807) is 14.5 Å². The zero-order chi connectivity index (χ0) is 21.8. The standard InChI is InChI=1S/C21H23ClFN5O3/c22-15-11-13(1-2-16(15)23)24-20(31)26-7-3-17-14(12-26)18-19(30)27(9-10-29)21(4-5-21)6-8-28(18)25-17/h1-2,11,29H,3-10,12H2,(H,24,31). The third-order valence-electron chi connectivity index (χ3n) is 6.52. The van der Waals surface area contributed by atoms with Crippen molar-refractivity contribution >= 4 is 29.2 Å². The molecule has 0 atom stereocenters. The smallest absolute Gasteiger partial charge is 0.322 e. The Morgan fingerprint density at radius 3 is 2.81 bits per heavy atom. The number of hydrogen-bond donors (Lipinski definition) is 2. The normalized spacial score (nSPS) is 19.1. The summed E-state index contributed by atoms with van der Waals surface area (Å²) in [5, 5.41) is 16.9. The SMILES string of the molecule is O=C(Nc1ccc(F)c(Cl)c1)N1CCc2nn3c(c2C1)C(=O)N(CCO)C1(CC3)CC1. The fourth-order valence-corrected chi connectivity index (χ4v) is 4.85. The molecule has 1 aromatic heterocycles. The molecule has 1 aliphatic carbocycles. The highest BCUT2D eigenvalue weighted by atomic mass is 35.5. The van der Waals surface area contributed by atoms with Gasteiger partial charge in [0.25, 0.3) is 5.91 Å². The monoisotopic (exact) mass is 447 g/mol. The number of aliphatic hydroxyl groups excluding tert-OH is 1. The van der Waals surface area contributed by atoms with Crippen LogP contribution in [0.4, 0.5) is 14.9 Å². The number of rotatable bonds is 3. The van der Waals surface area contributed by atoms with Gasteiger partial charge in [0, 0.05) is 42.8 Å². The number of amides is 3. The van der Waals surface area contributed by atoms with Crippen molar-refractivity contribution in [1.29, 1.82) is 0 Å². The van der Waals surface area contributed by atoms with Crippen LogP contribution in [0.3, 0.4) is 0 Å². The number of benzene rings is 1. The summed E-state index contributed by atoms with van der Waals surface area (Å²) in [6.45, 7) is 1.59. The van der Waals surface area contributed by atoms with Crippen molar-refractivity contribution in [3.63, 3.8) is 0 Å². The zero-order valence-corrected chi connectivity index (χ0v) is 17.7. The van der Waals surface area contributed by atoms with Crippen LogP contribution in [-0.4, -0.2) is 61.9 Å². The second-order valence-corrected chi connectivity index (χ2v) is 8.79. The van der Waals surface area contributed by atoms with Crippen molar-refractivity contribution in [3.8, 4) is 0 Å². The number of nitrogens with one attached hydrogen (secondary N) is 1. The van der Waals surface area contributed by atoms with Crippen LogP contribution < -0.4 is 5.32 Å². The predicted molar refractivity (Wildman–Crippen MR) is 111 cm³/mol. The molecule has 1 saturated carbocycles. The molecule has 2 aromatic rings. The first kappa shape index (κ1) is 20.3. The van der Waals surface area contributed by atoms with Crippen molar-refractivity contribution in [1.82, 2.24) is 19.6 Å². The second-order valence-electron chi connectivity index (χ2n) is 8.38. The van der Waals surface area contributed by atoms with Crippen LogP contribution in [0.15, 0.2) is 18.2 Å². The minimum Gasteiger partial charge on any atom is -0.395 e. The minimum atomic E-state index is -0.552. The molecule has 164 valence electrons. The number of fused-ring (bicyclic) bond motifs is 3. The van der Waals surface area contributed by atoms with Gasteiger partial charge in [0.15, 0.2) is 0 Å². The molecule has 8 nitrogen and oxygen atoms in total. The van der Waals surface area contributed by atoms with E-state index in [0.29, 0.717) is 37.4 Å². The number of hydrogen-bond acceptors (Lipinski definition) is 4. The first-order chi connectivity index (χ1) is 14.9. The topological polar surface area (TPSA) is 90.7 Å². The highest BCUT2D eigenvalue weighted by Gasteiger charge is 2.52. The maximum Gasteiger partial charge on any atom is 0.322 e. The molecule has 10 heteroatoms. The summed E-state index contributed by atoms with van der Waals surface area (Å²) in [7, 11) is 0. The number of β-amino-alcohol motifs (C(OH)–C–C–N with tert-alkyl or cyclic N) is 1. The van der Waals surface area contributed by atoms with Gasteiger partial charge in [-0.25, -0.2) is 9.18 Å². The molecule has 1 fully saturated rings. The van der Waals surface area contributed by atoms with E-state index in [2.05, 4.69) is 10.4 Å². The number of urea groups is 1. The Hall–Kier alpha value is -2.65. The van der Waals surface area contributed by atoms with Gasteiger partial charge in [-0.2, -0.15) is 5.10 Å². The maximum atomic E-state index is 13.4. The van der Waals surface area contributed by atoms with Crippen molar-refractivity contribution in [3.05, 3.63) is 46.0 Å². The van der Waals surface area contributed by atoms with Crippen LogP contribution in [0.1, 0.15) is 41.0 Å². The lowest BCUT2D eigenvalue weighted by Gasteiger charge is -2.31. The van der Waals surface area contributed by atoms with E-state index < -0.39 is 5.82 Å². The summed E-state index contributed by atoms with van der Waals surface area (Å²) in [5.74, 6) is -0.672. The summed E-state index contributed by atoms with van der Waals surface area (Å²) in [6.07, 6.45) is 3.26. The molecule has 1 spiro atoms. The Labute approximate surface area is 183 Å². The molecule has 3 heterocycles. The molecule has 1 aromatic carbocycles. The third kappa shape index (κ3) is 3.45. The number of anilines is 1. The highest BCUT2D eigenvalue weighted by molar-refractivity contribution is 6.31. The molecule has 3 aliphatic rings. The Balaban J connectivity index is 1.39. The number of aryl methyl sites for hydroxylation is 1. The lowest BCUT2D eigenvalue weighted by Crippen LogP contribution is -2.44. The van der Waals surface area contributed by atoms with Gasteiger partial charge in [-0.05, 0) is 37.5 Å². The second kappa shape index (κ2) is 7.49. The minimum absolute atomic E-state index is 0.0655. The van der Waals surface area contributed by atoms with Gasteiger partial charge in [-0.3, -0.25) is 9.48 Å². The first-order valence-electron chi connectivity index (χ1n) is 10.4. The van der Waals surface area contributed by atoms with Crippen LogP contribution in [0.5, 0.6) is 0 Å². The molecule has 0 radical (unpaired) electrons. The average Bonchev–Trinajstić information content (AvgIpc) is 3.46. The summed E-state index contributed by atoms with van der Waals surface area (Å²) < 4.78 is 15.2. The zero-order valence-electron chi connectivity index (χ0n) is 16.9. The lowest BCUT2D eigenvalue weighted by molar-refractivity contribution is 0.0599. The van der Waals surface area contributed by atoms with Crippen LogP contribution >= 0.6 is 11.6 Å². The molecular weight excluding hydrogens is 425 g/mol. The van der Waals surface area contributed by atoms with Gasteiger partial charge in [0.1, 0.15) is 11.5 Å². The Morgan fingerprint density at radius 1 is 1.29 bits per heavy atom. The largest absolute Gasteiger partial charge is 0.395 e. The molecular formula is C21H23ClFN5O3. The van der Waals surface area contributed by atoms with Crippen LogP contribution in [0.2, 0.25) is 5.02 Å². The van der Waals surface area contributed by atoms with Gasteiger partial charge < -0.3 is 20.2 Å². The first-order valence-corrected chi connectivity index (χ1v) is 10.8. The van der Waals surface area contributed by atoms with E-state index in [4.69, 9.17) is 11.6 Å². The third-order valence-corrected chi connectivity index (χ3v) is 6.81.